The molecule has 0 aliphatic carbocycles. The number of rotatable bonds is 5. The zero-order valence-electron chi connectivity index (χ0n) is 13.2. The number of hydrogen-bond donors (Lipinski definition) is 1. The molecule has 1 aromatic rings. The van der Waals surface area contributed by atoms with Crippen LogP contribution in [-0.4, -0.2) is 53.5 Å². The second kappa shape index (κ2) is 8.26. The van der Waals surface area contributed by atoms with Gasteiger partial charge in [-0.1, -0.05) is 12.1 Å². The predicted octanol–water partition coefficient (Wildman–Crippen LogP) is 2.17. The zero-order valence-corrected chi connectivity index (χ0v) is 14.1. The van der Waals surface area contributed by atoms with Crippen LogP contribution in [0.15, 0.2) is 24.3 Å². The van der Waals surface area contributed by atoms with E-state index in [1.54, 1.807) is 24.1 Å². The summed E-state index contributed by atoms with van der Waals surface area (Å²) in [4.78, 5) is 26.7. The van der Waals surface area contributed by atoms with Gasteiger partial charge in [-0.2, -0.15) is 0 Å². The van der Waals surface area contributed by atoms with E-state index in [2.05, 4.69) is 0 Å². The van der Waals surface area contributed by atoms with Gasteiger partial charge in [0.1, 0.15) is 5.82 Å². The molecule has 2 rings (SSSR count). The fourth-order valence-electron chi connectivity index (χ4n) is 2.66. The maximum atomic E-state index is 12.9. The SMILES string of the molecule is CC(c1ccc(F)cc1)N(C)C(=O)CN1CCC(C(=O)O)C1.Cl. The summed E-state index contributed by atoms with van der Waals surface area (Å²) in [6.07, 6.45) is 0.583. The van der Waals surface area contributed by atoms with Gasteiger partial charge in [0.15, 0.2) is 0 Å². The number of halogens is 2. The zero-order chi connectivity index (χ0) is 16.3. The average molecular weight is 345 g/mol. The topological polar surface area (TPSA) is 60.9 Å². The van der Waals surface area contributed by atoms with Crippen LogP contribution in [0.4, 0.5) is 4.39 Å². The number of nitrogens with zero attached hydrogens (tertiary/aromatic N) is 2. The molecule has 1 amide bonds. The Morgan fingerprint density at radius 2 is 2.00 bits per heavy atom. The maximum Gasteiger partial charge on any atom is 0.307 e. The number of amides is 1. The summed E-state index contributed by atoms with van der Waals surface area (Å²) in [6.45, 7) is 3.14. The van der Waals surface area contributed by atoms with E-state index >= 15 is 0 Å². The van der Waals surface area contributed by atoms with Crippen molar-refractivity contribution in [1.29, 1.82) is 0 Å². The van der Waals surface area contributed by atoms with E-state index in [4.69, 9.17) is 5.11 Å². The molecule has 0 spiro atoms. The molecule has 1 heterocycles. The Labute approximate surface area is 141 Å². The summed E-state index contributed by atoms with van der Waals surface area (Å²) in [5, 5.41) is 8.98. The van der Waals surface area contributed by atoms with Crippen molar-refractivity contribution >= 4 is 24.3 Å². The van der Waals surface area contributed by atoms with Crippen LogP contribution in [0.25, 0.3) is 0 Å². The van der Waals surface area contributed by atoms with E-state index in [9.17, 15) is 14.0 Å². The molecule has 2 unspecified atom stereocenters. The molecule has 0 aromatic heterocycles. The van der Waals surface area contributed by atoms with Gasteiger partial charge >= 0.3 is 5.97 Å². The van der Waals surface area contributed by atoms with Crippen LogP contribution >= 0.6 is 12.4 Å². The molecular weight excluding hydrogens is 323 g/mol. The highest BCUT2D eigenvalue weighted by Gasteiger charge is 2.30. The molecule has 1 saturated heterocycles. The summed E-state index contributed by atoms with van der Waals surface area (Å²) >= 11 is 0. The van der Waals surface area contributed by atoms with E-state index < -0.39 is 5.97 Å². The molecule has 0 saturated carbocycles. The Balaban J connectivity index is 0.00000264. The van der Waals surface area contributed by atoms with Crippen LogP contribution < -0.4 is 0 Å². The van der Waals surface area contributed by atoms with Crippen molar-refractivity contribution < 1.29 is 19.1 Å². The first kappa shape index (κ1) is 19.4. The second-order valence-electron chi connectivity index (χ2n) is 5.79. The van der Waals surface area contributed by atoms with Crippen molar-refractivity contribution in [3.63, 3.8) is 0 Å². The first-order valence-corrected chi connectivity index (χ1v) is 7.34. The van der Waals surface area contributed by atoms with Gasteiger partial charge in [0, 0.05) is 13.6 Å². The smallest absolute Gasteiger partial charge is 0.307 e. The third-order valence-corrected chi connectivity index (χ3v) is 4.31. The predicted molar refractivity (Wildman–Crippen MR) is 87.0 cm³/mol. The molecule has 1 aromatic carbocycles. The van der Waals surface area contributed by atoms with Gasteiger partial charge in [0.25, 0.3) is 0 Å². The molecule has 0 bridgehead atoms. The standard InChI is InChI=1S/C16H21FN2O3.ClH/c1-11(12-3-5-14(17)6-4-12)18(2)15(20)10-19-8-7-13(9-19)16(21)22;/h3-6,11,13H,7-10H2,1-2H3,(H,21,22);1H. The van der Waals surface area contributed by atoms with Gasteiger partial charge in [-0.3, -0.25) is 14.5 Å². The molecular formula is C16H22ClFN2O3. The lowest BCUT2D eigenvalue weighted by Gasteiger charge is -2.27. The quantitative estimate of drug-likeness (QED) is 0.889. The fourth-order valence-corrected chi connectivity index (χ4v) is 2.66. The van der Waals surface area contributed by atoms with Gasteiger partial charge < -0.3 is 10.0 Å². The third kappa shape index (κ3) is 4.91. The lowest BCUT2D eigenvalue weighted by molar-refractivity contribution is -0.141. The lowest BCUT2D eigenvalue weighted by atomic mass is 10.1. The highest BCUT2D eigenvalue weighted by molar-refractivity contribution is 5.85. The van der Waals surface area contributed by atoms with Crippen LogP contribution in [0.3, 0.4) is 0 Å². The van der Waals surface area contributed by atoms with Crippen molar-refractivity contribution in [2.75, 3.05) is 26.7 Å². The molecule has 1 fully saturated rings. The van der Waals surface area contributed by atoms with Crippen molar-refractivity contribution in [2.24, 2.45) is 5.92 Å². The van der Waals surface area contributed by atoms with Gasteiger partial charge in [-0.15, -0.1) is 12.4 Å². The maximum absolute atomic E-state index is 12.9. The number of benzene rings is 1. The highest BCUT2D eigenvalue weighted by atomic mass is 35.5. The average Bonchev–Trinajstić information content (AvgIpc) is 2.95. The van der Waals surface area contributed by atoms with Crippen LogP contribution in [0, 0.1) is 11.7 Å². The Morgan fingerprint density at radius 1 is 1.39 bits per heavy atom. The molecule has 2 atom stereocenters. The number of aliphatic carboxylic acids is 1. The van der Waals surface area contributed by atoms with Gasteiger partial charge in [-0.05, 0) is 37.6 Å². The first-order valence-electron chi connectivity index (χ1n) is 7.34. The number of likely N-dealkylation sites (N-methyl/N-ethyl adjacent to an activating group) is 1. The summed E-state index contributed by atoms with van der Waals surface area (Å²) in [6, 6.07) is 5.93. The Hall–Kier alpha value is -1.66. The van der Waals surface area contributed by atoms with E-state index in [-0.39, 0.29) is 42.6 Å². The Kier molecular flexibility index (Phi) is 6.97. The molecule has 1 N–H and O–H groups in total. The number of carbonyl (C=O) groups excluding carboxylic acids is 1. The number of carbonyl (C=O) groups is 2. The minimum absolute atomic E-state index is 0. The van der Waals surface area contributed by atoms with Crippen LogP contribution in [0.2, 0.25) is 0 Å². The monoisotopic (exact) mass is 344 g/mol. The number of hydrogen-bond acceptors (Lipinski definition) is 3. The van der Waals surface area contributed by atoms with E-state index in [0.29, 0.717) is 19.5 Å². The molecule has 23 heavy (non-hydrogen) atoms. The molecule has 0 radical (unpaired) electrons. The third-order valence-electron chi connectivity index (χ3n) is 4.31. The van der Waals surface area contributed by atoms with Crippen LogP contribution in [0.5, 0.6) is 0 Å². The summed E-state index contributed by atoms with van der Waals surface area (Å²) in [5.41, 5.74) is 0.863. The van der Waals surface area contributed by atoms with Crippen LogP contribution in [-0.2, 0) is 9.59 Å². The molecule has 7 heteroatoms. The van der Waals surface area contributed by atoms with Gasteiger partial charge in [-0.25, -0.2) is 4.39 Å². The normalized spacial score (nSPS) is 19.0. The number of carboxylic acids is 1. The summed E-state index contributed by atoms with van der Waals surface area (Å²) in [7, 11) is 1.71. The number of likely N-dealkylation sites (tertiary alicyclic amines) is 1. The minimum Gasteiger partial charge on any atom is -0.481 e. The van der Waals surface area contributed by atoms with Gasteiger partial charge in [0.05, 0.1) is 18.5 Å². The lowest BCUT2D eigenvalue weighted by Crippen LogP contribution is -2.39. The van der Waals surface area contributed by atoms with E-state index in [1.165, 1.54) is 12.1 Å². The largest absolute Gasteiger partial charge is 0.481 e. The van der Waals surface area contributed by atoms with Crippen molar-refractivity contribution in [3.05, 3.63) is 35.6 Å². The highest BCUT2D eigenvalue weighted by Crippen LogP contribution is 2.21. The van der Waals surface area contributed by atoms with Crippen molar-refractivity contribution in [3.8, 4) is 0 Å². The summed E-state index contributed by atoms with van der Waals surface area (Å²) in [5.74, 6) is -1.56. The Morgan fingerprint density at radius 3 is 2.52 bits per heavy atom. The molecule has 1 aliphatic rings. The molecule has 5 nitrogen and oxygen atoms in total. The fraction of sp³-hybridized carbons (Fsp3) is 0.500. The van der Waals surface area contributed by atoms with Gasteiger partial charge in [0.2, 0.25) is 5.91 Å². The van der Waals surface area contributed by atoms with E-state index in [1.807, 2.05) is 11.8 Å². The first-order chi connectivity index (χ1) is 10.4. The summed E-state index contributed by atoms with van der Waals surface area (Å²) < 4.78 is 12.9. The van der Waals surface area contributed by atoms with Crippen molar-refractivity contribution in [2.45, 2.75) is 19.4 Å². The Bertz CT molecular complexity index is 553. The molecule has 128 valence electrons. The van der Waals surface area contributed by atoms with Crippen LogP contribution in [0.1, 0.15) is 24.9 Å². The minimum atomic E-state index is -0.803. The van der Waals surface area contributed by atoms with Crippen molar-refractivity contribution in [1.82, 2.24) is 9.80 Å². The number of carboxylic acid groups (broad SMARTS) is 1. The van der Waals surface area contributed by atoms with E-state index in [0.717, 1.165) is 5.56 Å². The molecule has 1 aliphatic heterocycles. The second-order valence-corrected chi connectivity index (χ2v) is 5.79.